The van der Waals surface area contributed by atoms with Crippen LogP contribution in [0.2, 0.25) is 5.28 Å². The second-order valence-corrected chi connectivity index (χ2v) is 4.50. The Labute approximate surface area is 109 Å². The van der Waals surface area contributed by atoms with Gasteiger partial charge in [-0.1, -0.05) is 0 Å². The zero-order valence-electron chi connectivity index (χ0n) is 9.60. The summed E-state index contributed by atoms with van der Waals surface area (Å²) >= 11 is 5.90. The highest BCUT2D eigenvalue weighted by Crippen LogP contribution is 2.36. The first-order chi connectivity index (χ1) is 8.79. The third-order valence-electron chi connectivity index (χ3n) is 3.06. The lowest BCUT2D eigenvalue weighted by Gasteiger charge is -2.40. The molecule has 0 aliphatic carbocycles. The minimum Gasteiger partial charge on any atom is -0.486 e. The molecule has 0 saturated carbocycles. The largest absolute Gasteiger partial charge is 0.486 e. The maximum atomic E-state index is 8.80. The van der Waals surface area contributed by atoms with Crippen molar-refractivity contribution in [2.24, 2.45) is 0 Å². The van der Waals surface area contributed by atoms with Crippen LogP contribution in [-0.4, -0.2) is 42.4 Å². The molecule has 94 valence electrons. The SMILES string of the molecule is N#CCc1nc(Cl)nc2c1OCC1COCCN21. The number of nitrogens with zero attached hydrogens (tertiary/aromatic N) is 4. The van der Waals surface area contributed by atoms with Crippen LogP contribution in [0, 0.1) is 11.3 Å². The first-order valence-corrected chi connectivity index (χ1v) is 6.08. The summed E-state index contributed by atoms with van der Waals surface area (Å²) in [4.78, 5) is 10.4. The van der Waals surface area contributed by atoms with Crippen molar-refractivity contribution in [3.63, 3.8) is 0 Å². The molecule has 1 aromatic rings. The molecular formula is C11H11ClN4O2. The van der Waals surface area contributed by atoms with E-state index < -0.39 is 0 Å². The summed E-state index contributed by atoms with van der Waals surface area (Å²) in [5.41, 5.74) is 0.553. The van der Waals surface area contributed by atoms with Crippen molar-refractivity contribution in [2.75, 3.05) is 31.3 Å². The molecule has 0 N–H and O–H groups in total. The number of hydrogen-bond donors (Lipinski definition) is 0. The molecule has 3 heterocycles. The predicted octanol–water partition coefficient (Wildman–Crippen LogP) is 0.794. The van der Waals surface area contributed by atoms with E-state index in [2.05, 4.69) is 20.9 Å². The van der Waals surface area contributed by atoms with Crippen molar-refractivity contribution in [1.29, 1.82) is 5.26 Å². The van der Waals surface area contributed by atoms with E-state index in [4.69, 9.17) is 26.3 Å². The van der Waals surface area contributed by atoms with Gasteiger partial charge in [-0.25, -0.2) is 4.98 Å². The molecule has 2 aliphatic heterocycles. The number of fused-ring (bicyclic) bond motifs is 3. The van der Waals surface area contributed by atoms with E-state index in [9.17, 15) is 0 Å². The highest BCUT2D eigenvalue weighted by molar-refractivity contribution is 6.28. The lowest BCUT2D eigenvalue weighted by Crippen LogP contribution is -2.51. The quantitative estimate of drug-likeness (QED) is 0.700. The van der Waals surface area contributed by atoms with Crippen LogP contribution in [0.1, 0.15) is 5.69 Å². The predicted molar refractivity (Wildman–Crippen MR) is 63.8 cm³/mol. The minimum atomic E-state index is 0.148. The number of aromatic nitrogens is 2. The lowest BCUT2D eigenvalue weighted by molar-refractivity contribution is 0.0693. The second kappa shape index (κ2) is 4.59. The summed E-state index contributed by atoms with van der Waals surface area (Å²) in [6, 6.07) is 2.22. The Morgan fingerprint density at radius 3 is 3.17 bits per heavy atom. The van der Waals surface area contributed by atoms with E-state index in [1.54, 1.807) is 0 Å². The van der Waals surface area contributed by atoms with Crippen LogP contribution in [0.5, 0.6) is 5.75 Å². The Hall–Kier alpha value is -1.58. The normalized spacial score (nSPS) is 21.6. The summed E-state index contributed by atoms with van der Waals surface area (Å²) in [5, 5.41) is 8.95. The third kappa shape index (κ3) is 1.85. The van der Waals surface area contributed by atoms with Crippen molar-refractivity contribution >= 4 is 17.4 Å². The molecule has 1 fully saturated rings. The zero-order chi connectivity index (χ0) is 12.5. The summed E-state index contributed by atoms with van der Waals surface area (Å²) in [6.45, 7) is 2.55. The molecule has 1 atom stereocenters. The van der Waals surface area contributed by atoms with Gasteiger partial charge in [0.25, 0.3) is 0 Å². The van der Waals surface area contributed by atoms with Crippen LogP contribution in [-0.2, 0) is 11.2 Å². The number of anilines is 1. The average molecular weight is 267 g/mol. The molecule has 2 aliphatic rings. The third-order valence-corrected chi connectivity index (χ3v) is 3.23. The maximum absolute atomic E-state index is 8.80. The van der Waals surface area contributed by atoms with E-state index >= 15 is 0 Å². The topological polar surface area (TPSA) is 71.3 Å². The Kier molecular flexibility index (Phi) is 2.94. The van der Waals surface area contributed by atoms with Gasteiger partial charge in [0, 0.05) is 6.54 Å². The van der Waals surface area contributed by atoms with Gasteiger partial charge in [-0.3, -0.25) is 0 Å². The van der Waals surface area contributed by atoms with Gasteiger partial charge < -0.3 is 14.4 Å². The fourth-order valence-corrected chi connectivity index (χ4v) is 2.42. The lowest BCUT2D eigenvalue weighted by atomic mass is 10.1. The first-order valence-electron chi connectivity index (χ1n) is 5.70. The zero-order valence-corrected chi connectivity index (χ0v) is 10.4. The van der Waals surface area contributed by atoms with Crippen LogP contribution in [0.3, 0.4) is 0 Å². The van der Waals surface area contributed by atoms with Crippen molar-refractivity contribution < 1.29 is 9.47 Å². The summed E-state index contributed by atoms with van der Waals surface area (Å²) in [6.07, 6.45) is 0.166. The standard InChI is InChI=1S/C11H11ClN4O2/c12-11-14-8(1-2-13)9-10(15-11)16-3-4-17-5-7(16)6-18-9/h7H,1,3-6H2. The van der Waals surface area contributed by atoms with Gasteiger partial charge in [-0.15, -0.1) is 0 Å². The highest BCUT2D eigenvalue weighted by atomic mass is 35.5. The summed E-state index contributed by atoms with van der Waals surface area (Å²) < 4.78 is 11.1. The van der Waals surface area contributed by atoms with Crippen LogP contribution < -0.4 is 9.64 Å². The van der Waals surface area contributed by atoms with Crippen LogP contribution >= 0.6 is 11.6 Å². The monoisotopic (exact) mass is 266 g/mol. The molecule has 3 rings (SSSR count). The van der Waals surface area contributed by atoms with Gasteiger partial charge >= 0.3 is 0 Å². The minimum absolute atomic E-state index is 0.148. The summed E-state index contributed by atoms with van der Waals surface area (Å²) in [7, 11) is 0. The average Bonchev–Trinajstić information content (AvgIpc) is 2.39. The Morgan fingerprint density at radius 1 is 1.44 bits per heavy atom. The molecule has 7 heteroatoms. The van der Waals surface area contributed by atoms with Crippen molar-refractivity contribution in [2.45, 2.75) is 12.5 Å². The molecule has 1 unspecified atom stereocenters. The smallest absolute Gasteiger partial charge is 0.224 e. The Morgan fingerprint density at radius 2 is 2.33 bits per heavy atom. The molecule has 0 aromatic carbocycles. The van der Waals surface area contributed by atoms with Gasteiger partial charge in [0.1, 0.15) is 12.3 Å². The van der Waals surface area contributed by atoms with Crippen LogP contribution in [0.25, 0.3) is 0 Å². The molecule has 6 nitrogen and oxygen atoms in total. The van der Waals surface area contributed by atoms with E-state index in [0.29, 0.717) is 37.1 Å². The van der Waals surface area contributed by atoms with E-state index in [1.165, 1.54) is 0 Å². The fourth-order valence-electron chi connectivity index (χ4n) is 2.24. The van der Waals surface area contributed by atoms with E-state index in [0.717, 1.165) is 6.54 Å². The van der Waals surface area contributed by atoms with Crippen molar-refractivity contribution in [3.05, 3.63) is 11.0 Å². The van der Waals surface area contributed by atoms with Gasteiger partial charge in [0.05, 0.1) is 31.7 Å². The molecule has 0 spiro atoms. The molecule has 0 bridgehead atoms. The van der Waals surface area contributed by atoms with Gasteiger partial charge in [-0.2, -0.15) is 10.2 Å². The number of ether oxygens (including phenoxy) is 2. The molecule has 1 aromatic heterocycles. The molecule has 0 amide bonds. The number of morpholine rings is 1. The number of hydrogen-bond acceptors (Lipinski definition) is 6. The highest BCUT2D eigenvalue weighted by Gasteiger charge is 2.33. The van der Waals surface area contributed by atoms with Gasteiger partial charge in [0.2, 0.25) is 5.28 Å². The van der Waals surface area contributed by atoms with E-state index in [1.807, 2.05) is 0 Å². The molecule has 0 radical (unpaired) electrons. The number of nitriles is 1. The van der Waals surface area contributed by atoms with Crippen molar-refractivity contribution in [3.8, 4) is 11.8 Å². The molecule has 1 saturated heterocycles. The van der Waals surface area contributed by atoms with Crippen LogP contribution in [0.15, 0.2) is 0 Å². The first kappa shape index (κ1) is 11.5. The number of halogens is 1. The molecule has 18 heavy (non-hydrogen) atoms. The fraction of sp³-hybridized carbons (Fsp3) is 0.545. The summed E-state index contributed by atoms with van der Waals surface area (Å²) in [5.74, 6) is 1.26. The van der Waals surface area contributed by atoms with Gasteiger partial charge in [-0.05, 0) is 11.6 Å². The Balaban J connectivity index is 2.05. The Bertz CT molecular complexity index is 517. The van der Waals surface area contributed by atoms with Gasteiger partial charge in [0.15, 0.2) is 11.6 Å². The molecular weight excluding hydrogens is 256 g/mol. The second-order valence-electron chi connectivity index (χ2n) is 4.16. The van der Waals surface area contributed by atoms with Crippen molar-refractivity contribution in [1.82, 2.24) is 9.97 Å². The van der Waals surface area contributed by atoms with Crippen LogP contribution in [0.4, 0.5) is 5.82 Å². The number of rotatable bonds is 1. The van der Waals surface area contributed by atoms with E-state index in [-0.39, 0.29) is 17.7 Å². The maximum Gasteiger partial charge on any atom is 0.224 e.